The third-order valence-corrected chi connectivity index (χ3v) is 3.06. The number of hydrogen-bond acceptors (Lipinski definition) is 4. The zero-order chi connectivity index (χ0) is 13.8. The van der Waals surface area contributed by atoms with Gasteiger partial charge in [0.25, 0.3) is 0 Å². The van der Waals surface area contributed by atoms with E-state index in [9.17, 15) is 0 Å². The van der Waals surface area contributed by atoms with Crippen molar-refractivity contribution in [2.45, 2.75) is 0 Å². The van der Waals surface area contributed by atoms with Gasteiger partial charge in [0.05, 0.1) is 0 Å². The molecule has 0 unspecified atom stereocenters. The summed E-state index contributed by atoms with van der Waals surface area (Å²) in [7, 11) is 0. The number of nitrogens with one attached hydrogen (secondary N) is 1. The van der Waals surface area contributed by atoms with Crippen molar-refractivity contribution in [3.8, 4) is 0 Å². The molecule has 3 aromatic rings. The highest BCUT2D eigenvalue weighted by molar-refractivity contribution is 7.80. The van der Waals surface area contributed by atoms with Gasteiger partial charge in [0.2, 0.25) is 5.55 Å². The molecule has 5 heteroatoms. The molecule has 0 radical (unpaired) electrons. The van der Waals surface area contributed by atoms with Gasteiger partial charge in [0.1, 0.15) is 10.6 Å². The topological polar surface area (TPSA) is 50.4 Å². The number of benzene rings is 1. The average molecular weight is 281 g/mol. The second-order valence-electron chi connectivity index (χ2n) is 4.11. The van der Waals surface area contributed by atoms with Crippen LogP contribution in [0.1, 0.15) is 5.56 Å². The molecule has 1 N–H and O–H groups in total. The Balaban J connectivity index is 1.86. The van der Waals surface area contributed by atoms with Crippen LogP contribution < -0.4 is 11.0 Å². The highest BCUT2D eigenvalue weighted by Crippen LogP contribution is 2.09. The second kappa shape index (κ2) is 5.63. The minimum atomic E-state index is 0.468. The van der Waals surface area contributed by atoms with Gasteiger partial charge in [-0.2, -0.15) is 0 Å². The van der Waals surface area contributed by atoms with Crippen LogP contribution in [0.3, 0.4) is 0 Å². The van der Waals surface area contributed by atoms with Gasteiger partial charge in [-0.25, -0.2) is 0 Å². The molecule has 0 spiro atoms. The third kappa shape index (κ3) is 2.73. The lowest BCUT2D eigenvalue weighted by molar-refractivity contribution is 0.531. The summed E-state index contributed by atoms with van der Waals surface area (Å²) >= 11 is 5.23. The number of fused-ring (bicyclic) bond motifs is 1. The number of hydrogen-bond donors (Lipinski definition) is 1. The third-order valence-electron chi connectivity index (χ3n) is 2.73. The minimum Gasteiger partial charge on any atom is -0.437 e. The summed E-state index contributed by atoms with van der Waals surface area (Å²) in [4.78, 5) is 4.51. The van der Waals surface area contributed by atoms with E-state index < -0.39 is 0 Å². The summed E-state index contributed by atoms with van der Waals surface area (Å²) in [5.74, 6) is 0. The maximum Gasteiger partial charge on any atom is 0.236 e. The predicted octanol–water partition coefficient (Wildman–Crippen LogP) is 2.61. The van der Waals surface area contributed by atoms with Gasteiger partial charge in [0.15, 0.2) is 0 Å². The lowest BCUT2D eigenvalue weighted by Crippen LogP contribution is -2.20. The Bertz CT molecular complexity index is 812. The Morgan fingerprint density at radius 1 is 1.10 bits per heavy atom. The summed E-state index contributed by atoms with van der Waals surface area (Å²) < 4.78 is 5.64. The van der Waals surface area contributed by atoms with Gasteiger partial charge in [-0.3, -0.25) is 10.4 Å². The number of para-hydroxylation sites is 1. The normalized spacial score (nSPS) is 11.5. The predicted molar refractivity (Wildman–Crippen MR) is 80.8 cm³/mol. The van der Waals surface area contributed by atoms with Gasteiger partial charge in [-0.1, -0.05) is 30.4 Å². The van der Waals surface area contributed by atoms with Crippen LogP contribution in [0.5, 0.6) is 0 Å². The molecule has 2 heterocycles. The fraction of sp³-hybridized carbons (Fsp3) is 0. The van der Waals surface area contributed by atoms with Crippen molar-refractivity contribution in [3.63, 3.8) is 0 Å². The molecule has 0 aliphatic heterocycles. The molecule has 98 valence electrons. The standard InChI is InChI=1S/C15H11N3OS/c20-15(12-5-3-9-16-10-12)18-17-14-8-7-11-4-1-2-6-13(11)19-14/h1-10H,(H,18,20)/b17-14-. The number of thiocarbonyl (C=S) groups is 1. The van der Waals surface area contributed by atoms with Crippen LogP contribution in [0.4, 0.5) is 0 Å². The summed E-state index contributed by atoms with van der Waals surface area (Å²) in [5, 5.41) is 5.18. The van der Waals surface area contributed by atoms with Gasteiger partial charge < -0.3 is 4.42 Å². The highest BCUT2D eigenvalue weighted by Gasteiger charge is 1.98. The quantitative estimate of drug-likeness (QED) is 0.579. The van der Waals surface area contributed by atoms with Crippen molar-refractivity contribution >= 4 is 28.2 Å². The summed E-state index contributed by atoms with van der Waals surface area (Å²) in [6, 6.07) is 15.2. The van der Waals surface area contributed by atoms with E-state index in [1.54, 1.807) is 18.5 Å². The van der Waals surface area contributed by atoms with E-state index in [1.807, 2.05) is 42.5 Å². The largest absolute Gasteiger partial charge is 0.437 e. The van der Waals surface area contributed by atoms with Crippen LogP contribution in [0.2, 0.25) is 0 Å². The molecule has 0 atom stereocenters. The van der Waals surface area contributed by atoms with E-state index in [4.69, 9.17) is 16.6 Å². The van der Waals surface area contributed by atoms with Gasteiger partial charge >= 0.3 is 0 Å². The molecule has 0 amide bonds. The molecule has 2 aromatic heterocycles. The van der Waals surface area contributed by atoms with Crippen LogP contribution in [0, 0.1) is 0 Å². The first-order chi connectivity index (χ1) is 9.83. The molecule has 0 saturated heterocycles. The fourth-order valence-electron chi connectivity index (χ4n) is 1.75. The van der Waals surface area contributed by atoms with E-state index in [2.05, 4.69) is 15.5 Å². The van der Waals surface area contributed by atoms with Crippen molar-refractivity contribution in [3.05, 3.63) is 72.0 Å². The summed E-state index contributed by atoms with van der Waals surface area (Å²) in [5.41, 5.74) is 4.86. The highest BCUT2D eigenvalue weighted by atomic mass is 32.1. The Labute approximate surface area is 120 Å². The molecule has 0 bridgehead atoms. The zero-order valence-corrected chi connectivity index (χ0v) is 11.3. The number of aromatic nitrogens is 1. The van der Waals surface area contributed by atoms with Gasteiger partial charge in [0, 0.05) is 29.4 Å². The van der Waals surface area contributed by atoms with E-state index in [0.29, 0.717) is 10.5 Å². The van der Waals surface area contributed by atoms with Crippen molar-refractivity contribution < 1.29 is 4.42 Å². The zero-order valence-electron chi connectivity index (χ0n) is 10.5. The van der Waals surface area contributed by atoms with E-state index >= 15 is 0 Å². The molecule has 1 aromatic carbocycles. The van der Waals surface area contributed by atoms with Crippen molar-refractivity contribution in [1.82, 2.24) is 10.4 Å². The first-order valence-electron chi connectivity index (χ1n) is 6.06. The molecule has 3 rings (SSSR count). The van der Waals surface area contributed by atoms with Crippen LogP contribution in [-0.2, 0) is 0 Å². The van der Waals surface area contributed by atoms with Crippen LogP contribution >= 0.6 is 12.2 Å². The molecule has 4 nitrogen and oxygen atoms in total. The monoisotopic (exact) mass is 281 g/mol. The van der Waals surface area contributed by atoms with E-state index in [-0.39, 0.29) is 0 Å². The molecule has 0 aliphatic rings. The summed E-state index contributed by atoms with van der Waals surface area (Å²) in [6.45, 7) is 0. The molecular weight excluding hydrogens is 270 g/mol. The van der Waals surface area contributed by atoms with E-state index in [0.717, 1.165) is 16.5 Å². The first-order valence-corrected chi connectivity index (χ1v) is 6.47. The molecule has 0 fully saturated rings. The molecule has 20 heavy (non-hydrogen) atoms. The number of pyridine rings is 1. The second-order valence-corrected chi connectivity index (χ2v) is 4.51. The van der Waals surface area contributed by atoms with Crippen LogP contribution in [-0.4, -0.2) is 9.97 Å². The Hall–Kier alpha value is -2.53. The smallest absolute Gasteiger partial charge is 0.236 e. The Kier molecular flexibility index (Phi) is 3.52. The average Bonchev–Trinajstić information content (AvgIpc) is 2.53. The van der Waals surface area contributed by atoms with Crippen LogP contribution in [0.15, 0.2) is 70.4 Å². The lowest BCUT2D eigenvalue weighted by Gasteiger charge is -2.01. The van der Waals surface area contributed by atoms with Crippen molar-refractivity contribution in [2.75, 3.05) is 0 Å². The molecule has 0 saturated carbocycles. The number of nitrogens with zero attached hydrogens (tertiary/aromatic N) is 2. The molecular formula is C15H11N3OS. The van der Waals surface area contributed by atoms with Gasteiger partial charge in [-0.05, 0) is 24.3 Å². The number of rotatable bonds is 2. The lowest BCUT2D eigenvalue weighted by atomic mass is 10.2. The summed E-state index contributed by atoms with van der Waals surface area (Å²) in [6.07, 6.45) is 3.38. The Morgan fingerprint density at radius 2 is 2.00 bits per heavy atom. The molecule has 0 aliphatic carbocycles. The maximum absolute atomic E-state index is 5.64. The van der Waals surface area contributed by atoms with Crippen LogP contribution in [0.25, 0.3) is 11.0 Å². The van der Waals surface area contributed by atoms with Gasteiger partial charge in [-0.15, -0.1) is 5.10 Å². The maximum atomic E-state index is 5.64. The van der Waals surface area contributed by atoms with E-state index in [1.165, 1.54) is 0 Å². The Morgan fingerprint density at radius 3 is 2.85 bits per heavy atom. The SMILES string of the molecule is S=C(N/N=c1/ccc2ccccc2o1)c1cccnc1. The van der Waals surface area contributed by atoms with Crippen molar-refractivity contribution in [1.29, 1.82) is 0 Å². The van der Waals surface area contributed by atoms with Crippen molar-refractivity contribution in [2.24, 2.45) is 5.10 Å². The minimum absolute atomic E-state index is 0.468. The first kappa shape index (κ1) is 12.5. The fourth-order valence-corrected chi connectivity index (χ4v) is 1.91.